The third-order valence-electron chi connectivity index (χ3n) is 4.34. The van der Waals surface area contributed by atoms with Gasteiger partial charge in [0.05, 0.1) is 23.0 Å². The fraction of sp³-hybridized carbons (Fsp3) is 0.200. The van der Waals surface area contributed by atoms with Gasteiger partial charge < -0.3 is 15.4 Å². The third kappa shape index (κ3) is 4.78. The van der Waals surface area contributed by atoms with Crippen molar-refractivity contribution in [3.63, 3.8) is 0 Å². The first-order valence-corrected chi connectivity index (χ1v) is 10.8. The van der Waals surface area contributed by atoms with E-state index < -0.39 is 33.8 Å². The Morgan fingerprint density at radius 2 is 1.79 bits per heavy atom. The number of esters is 1. The van der Waals surface area contributed by atoms with Crippen molar-refractivity contribution in [1.82, 2.24) is 10.6 Å². The van der Waals surface area contributed by atoms with Crippen molar-refractivity contribution in [2.45, 2.75) is 17.9 Å². The summed E-state index contributed by atoms with van der Waals surface area (Å²) in [4.78, 5) is 24.9. The van der Waals surface area contributed by atoms with E-state index in [2.05, 4.69) is 10.6 Å². The van der Waals surface area contributed by atoms with E-state index in [1.54, 1.807) is 37.3 Å². The monoisotopic (exact) mass is 434 g/mol. The number of ether oxygens (including phenoxy) is 1. The first-order chi connectivity index (χ1) is 13.8. The summed E-state index contributed by atoms with van der Waals surface area (Å²) < 4.78 is 30.8. The Labute approximate surface area is 173 Å². The molecule has 9 heteroatoms. The number of urea groups is 1. The Morgan fingerprint density at radius 3 is 2.41 bits per heavy atom. The highest BCUT2D eigenvalue weighted by molar-refractivity contribution is 7.94. The number of carbonyl (C=O) groups is 2. The Balaban J connectivity index is 2.08. The van der Waals surface area contributed by atoms with Crippen LogP contribution in [-0.2, 0) is 19.4 Å². The topological polar surface area (TPSA) is 102 Å². The molecular weight excluding hydrogens is 416 g/mol. The van der Waals surface area contributed by atoms with Gasteiger partial charge in [-0.3, -0.25) is 4.79 Å². The van der Waals surface area contributed by atoms with Crippen molar-refractivity contribution in [3.8, 4) is 0 Å². The van der Waals surface area contributed by atoms with Gasteiger partial charge in [0.25, 0.3) is 0 Å². The summed E-state index contributed by atoms with van der Waals surface area (Å²) in [5.74, 6) is -1.71. The molecule has 2 amide bonds. The Bertz CT molecular complexity index is 1040. The summed E-state index contributed by atoms with van der Waals surface area (Å²) in [6, 6.07) is 13.0. The van der Waals surface area contributed by atoms with Crippen LogP contribution in [0.3, 0.4) is 0 Å². The number of rotatable bonds is 5. The molecule has 7 nitrogen and oxygen atoms in total. The molecule has 2 atom stereocenters. The average Bonchev–Trinajstić information content (AvgIpc) is 2.68. The molecule has 1 aliphatic rings. The lowest BCUT2D eigenvalue weighted by Gasteiger charge is -2.33. The summed E-state index contributed by atoms with van der Waals surface area (Å²) >= 11 is 5.82. The van der Waals surface area contributed by atoms with Gasteiger partial charge in [0.2, 0.25) is 9.84 Å². The molecule has 2 N–H and O–H groups in total. The minimum absolute atomic E-state index is 0.0129. The summed E-state index contributed by atoms with van der Waals surface area (Å²) in [6.07, 6.45) is 0. The SMILES string of the molecule is CCOC(=O)[C@H]1/C(=C\S(=O)(=O)c2ccc(Cl)cc2)NC(=O)N[C@@H]1c1ccccc1. The summed E-state index contributed by atoms with van der Waals surface area (Å²) in [6.45, 7) is 1.76. The Morgan fingerprint density at radius 1 is 1.14 bits per heavy atom. The quantitative estimate of drug-likeness (QED) is 0.703. The molecule has 0 aliphatic carbocycles. The zero-order valence-corrected chi connectivity index (χ0v) is 17.0. The van der Waals surface area contributed by atoms with E-state index in [-0.39, 0.29) is 17.2 Å². The fourth-order valence-electron chi connectivity index (χ4n) is 3.04. The lowest BCUT2D eigenvalue weighted by atomic mass is 9.89. The van der Waals surface area contributed by atoms with Gasteiger partial charge in [0.1, 0.15) is 5.92 Å². The standard InChI is InChI=1S/C20H19ClN2O5S/c1-2-28-19(24)17-16(12-29(26,27)15-10-8-14(21)9-11-15)22-20(25)23-18(17)13-6-4-3-5-7-13/h3-12,17-18H,2H2,1H3,(H2,22,23,25)/b16-12+/t17-,18+/m0/s1. The molecule has 1 saturated heterocycles. The highest BCUT2D eigenvalue weighted by Gasteiger charge is 2.40. The number of benzene rings is 2. The van der Waals surface area contributed by atoms with Crippen LogP contribution in [0.15, 0.2) is 70.6 Å². The number of halogens is 1. The van der Waals surface area contributed by atoms with Gasteiger partial charge in [-0.25, -0.2) is 13.2 Å². The smallest absolute Gasteiger partial charge is 0.319 e. The second-order valence-electron chi connectivity index (χ2n) is 6.29. The van der Waals surface area contributed by atoms with Gasteiger partial charge in [0.15, 0.2) is 0 Å². The maximum Gasteiger partial charge on any atom is 0.319 e. The second kappa shape index (κ2) is 8.67. The number of hydrogen-bond acceptors (Lipinski definition) is 5. The van der Waals surface area contributed by atoms with Gasteiger partial charge in [-0.1, -0.05) is 41.9 Å². The molecule has 29 heavy (non-hydrogen) atoms. The van der Waals surface area contributed by atoms with Crippen LogP contribution in [0.2, 0.25) is 5.02 Å². The van der Waals surface area contributed by atoms with Crippen LogP contribution in [0.4, 0.5) is 4.79 Å². The fourth-order valence-corrected chi connectivity index (χ4v) is 4.36. The van der Waals surface area contributed by atoms with Crippen LogP contribution in [0.25, 0.3) is 0 Å². The van der Waals surface area contributed by atoms with Gasteiger partial charge in [-0.15, -0.1) is 0 Å². The molecule has 0 spiro atoms. The first-order valence-electron chi connectivity index (χ1n) is 8.83. The van der Waals surface area contributed by atoms with E-state index in [0.717, 1.165) is 5.41 Å². The van der Waals surface area contributed by atoms with Crippen LogP contribution in [0.1, 0.15) is 18.5 Å². The van der Waals surface area contributed by atoms with E-state index >= 15 is 0 Å². The predicted octanol–water partition coefficient (Wildman–Crippen LogP) is 3.19. The van der Waals surface area contributed by atoms with Crippen molar-refractivity contribution in [1.29, 1.82) is 0 Å². The number of hydrogen-bond donors (Lipinski definition) is 2. The highest BCUT2D eigenvalue weighted by atomic mass is 35.5. The van der Waals surface area contributed by atoms with Gasteiger partial charge in [0, 0.05) is 10.7 Å². The maximum atomic E-state index is 12.8. The zero-order valence-electron chi connectivity index (χ0n) is 15.5. The molecule has 0 saturated carbocycles. The van der Waals surface area contributed by atoms with Gasteiger partial charge >= 0.3 is 12.0 Å². The second-order valence-corrected chi connectivity index (χ2v) is 8.52. The van der Waals surface area contributed by atoms with Crippen molar-refractivity contribution < 1.29 is 22.7 Å². The van der Waals surface area contributed by atoms with Crippen molar-refractivity contribution in [2.24, 2.45) is 5.92 Å². The molecule has 152 valence electrons. The van der Waals surface area contributed by atoms with Crippen LogP contribution < -0.4 is 10.6 Å². The molecule has 2 aromatic rings. The van der Waals surface area contributed by atoms with E-state index in [1.165, 1.54) is 24.3 Å². The van der Waals surface area contributed by atoms with Crippen LogP contribution >= 0.6 is 11.6 Å². The normalized spacial score (nSPS) is 20.6. The van der Waals surface area contributed by atoms with Crippen LogP contribution in [0, 0.1) is 5.92 Å². The van der Waals surface area contributed by atoms with Crippen molar-refractivity contribution in [2.75, 3.05) is 6.61 Å². The Kier molecular flexibility index (Phi) is 6.24. The van der Waals surface area contributed by atoms with E-state index in [9.17, 15) is 18.0 Å². The molecular formula is C20H19ClN2O5S. The average molecular weight is 435 g/mol. The predicted molar refractivity (Wildman–Crippen MR) is 108 cm³/mol. The van der Waals surface area contributed by atoms with Gasteiger partial charge in [-0.05, 0) is 36.8 Å². The molecule has 2 aromatic carbocycles. The molecule has 1 fully saturated rings. The lowest BCUT2D eigenvalue weighted by molar-refractivity contribution is -0.147. The minimum atomic E-state index is -3.96. The molecule has 0 radical (unpaired) electrons. The largest absolute Gasteiger partial charge is 0.465 e. The number of nitrogens with one attached hydrogen (secondary N) is 2. The molecule has 0 aromatic heterocycles. The zero-order chi connectivity index (χ0) is 21.0. The highest BCUT2D eigenvalue weighted by Crippen LogP contribution is 2.32. The van der Waals surface area contributed by atoms with Crippen molar-refractivity contribution >= 4 is 33.4 Å². The summed E-state index contributed by atoms with van der Waals surface area (Å²) in [5, 5.41) is 6.41. The Hall–Kier alpha value is -2.84. The molecule has 1 heterocycles. The number of amides is 2. The number of sulfone groups is 1. The summed E-state index contributed by atoms with van der Waals surface area (Å²) in [7, 11) is -3.96. The first kappa shape index (κ1) is 20.9. The van der Waals surface area contributed by atoms with Crippen LogP contribution in [0.5, 0.6) is 0 Å². The van der Waals surface area contributed by atoms with E-state index in [1.807, 2.05) is 0 Å². The molecule has 1 aliphatic heterocycles. The molecule has 3 rings (SSSR count). The van der Waals surface area contributed by atoms with Gasteiger partial charge in [-0.2, -0.15) is 0 Å². The molecule has 0 bridgehead atoms. The molecule has 0 unspecified atom stereocenters. The maximum absolute atomic E-state index is 12.8. The van der Waals surface area contributed by atoms with E-state index in [0.29, 0.717) is 10.6 Å². The van der Waals surface area contributed by atoms with E-state index in [4.69, 9.17) is 16.3 Å². The summed E-state index contributed by atoms with van der Waals surface area (Å²) in [5.41, 5.74) is 0.589. The minimum Gasteiger partial charge on any atom is -0.465 e. The van der Waals surface area contributed by atoms with Crippen molar-refractivity contribution in [3.05, 3.63) is 76.3 Å². The number of carbonyl (C=O) groups excluding carboxylic acids is 2. The van der Waals surface area contributed by atoms with Crippen LogP contribution in [-0.4, -0.2) is 27.0 Å². The lowest BCUT2D eigenvalue weighted by Crippen LogP contribution is -2.51. The third-order valence-corrected chi connectivity index (χ3v) is 6.08.